The smallest absolute Gasteiger partial charge is 0.0815 e. The van der Waals surface area contributed by atoms with Gasteiger partial charge in [-0.15, -0.1) is 0 Å². The number of para-hydroxylation sites is 2. The molecule has 188 valence electrons. The van der Waals surface area contributed by atoms with Gasteiger partial charge in [-0.1, -0.05) is 76.9 Å². The van der Waals surface area contributed by atoms with E-state index < -0.39 is 0 Å². The molecule has 0 spiro atoms. The Hall–Kier alpha value is -2.30. The molecule has 1 aromatic heterocycles. The van der Waals surface area contributed by atoms with Crippen molar-refractivity contribution < 1.29 is 0 Å². The van der Waals surface area contributed by atoms with Crippen LogP contribution in [0.25, 0.3) is 10.9 Å². The Morgan fingerprint density at radius 2 is 1.74 bits per heavy atom. The van der Waals surface area contributed by atoms with Crippen molar-refractivity contribution in [3.63, 3.8) is 0 Å². The Morgan fingerprint density at radius 1 is 0.971 bits per heavy atom. The Morgan fingerprint density at radius 3 is 2.51 bits per heavy atom. The minimum atomic E-state index is 0.173. The minimum Gasteiger partial charge on any atom is -0.369 e. The fourth-order valence-electron chi connectivity index (χ4n) is 6.85. The van der Waals surface area contributed by atoms with Gasteiger partial charge < -0.3 is 15.6 Å². The van der Waals surface area contributed by atoms with Crippen molar-refractivity contribution in [1.29, 1.82) is 0 Å². The fourth-order valence-corrected chi connectivity index (χ4v) is 6.85. The molecule has 4 nitrogen and oxygen atoms in total. The molecule has 1 fully saturated rings. The number of aromatic nitrogens is 1. The van der Waals surface area contributed by atoms with Crippen LogP contribution in [0.15, 0.2) is 48.5 Å². The first-order valence-corrected chi connectivity index (χ1v) is 14.1. The first-order valence-electron chi connectivity index (χ1n) is 14.1. The highest BCUT2D eigenvalue weighted by atomic mass is 15.4. The third-order valence-corrected chi connectivity index (χ3v) is 8.81. The number of benzene rings is 2. The van der Waals surface area contributed by atoms with E-state index in [0.717, 1.165) is 38.8 Å². The molecule has 3 N–H and O–H groups in total. The molecular formula is C31H44N4. The summed E-state index contributed by atoms with van der Waals surface area (Å²) in [6.45, 7) is 11.5. The molecule has 0 saturated carbocycles. The van der Waals surface area contributed by atoms with Crippen LogP contribution in [-0.4, -0.2) is 35.2 Å². The Labute approximate surface area is 211 Å². The molecular weight excluding hydrogens is 428 g/mol. The predicted molar refractivity (Wildman–Crippen MR) is 149 cm³/mol. The van der Waals surface area contributed by atoms with Crippen LogP contribution in [0.4, 0.5) is 5.69 Å². The van der Waals surface area contributed by atoms with Gasteiger partial charge in [0.05, 0.1) is 12.2 Å². The topological polar surface area (TPSA) is 43.1 Å². The SMILES string of the molecule is CCCCNC1CC(Nc2ccccc2CCC)N2CC(CC)(CC)c3c([nH]c4ccccc34)C12. The molecule has 3 heterocycles. The van der Waals surface area contributed by atoms with Crippen molar-refractivity contribution in [3.05, 3.63) is 65.4 Å². The van der Waals surface area contributed by atoms with Gasteiger partial charge in [-0.2, -0.15) is 0 Å². The van der Waals surface area contributed by atoms with Gasteiger partial charge in [0.1, 0.15) is 0 Å². The Bertz CT molecular complexity index is 1130. The monoisotopic (exact) mass is 472 g/mol. The third kappa shape index (κ3) is 4.29. The van der Waals surface area contributed by atoms with Gasteiger partial charge in [0, 0.05) is 40.3 Å². The first-order chi connectivity index (χ1) is 17.2. The van der Waals surface area contributed by atoms with E-state index in [4.69, 9.17) is 0 Å². The van der Waals surface area contributed by atoms with Crippen LogP contribution in [0.1, 0.15) is 89.1 Å². The zero-order chi connectivity index (χ0) is 24.4. The van der Waals surface area contributed by atoms with Crippen LogP contribution in [-0.2, 0) is 11.8 Å². The summed E-state index contributed by atoms with van der Waals surface area (Å²) in [6, 6.07) is 18.7. The lowest BCUT2D eigenvalue weighted by Crippen LogP contribution is -2.51. The number of nitrogens with zero attached hydrogens (tertiary/aromatic N) is 1. The molecule has 3 aromatic rings. The molecule has 1 saturated heterocycles. The van der Waals surface area contributed by atoms with Crippen molar-refractivity contribution in [2.24, 2.45) is 0 Å². The van der Waals surface area contributed by atoms with Crippen molar-refractivity contribution in [3.8, 4) is 0 Å². The summed E-state index contributed by atoms with van der Waals surface area (Å²) in [5.41, 5.74) is 7.27. The molecule has 0 aliphatic carbocycles. The van der Waals surface area contributed by atoms with Gasteiger partial charge in [-0.05, 0) is 61.9 Å². The lowest BCUT2D eigenvalue weighted by Gasteiger charge is -2.47. The molecule has 35 heavy (non-hydrogen) atoms. The van der Waals surface area contributed by atoms with Crippen LogP contribution in [0.3, 0.4) is 0 Å². The highest BCUT2D eigenvalue weighted by molar-refractivity contribution is 5.86. The van der Waals surface area contributed by atoms with E-state index in [9.17, 15) is 0 Å². The van der Waals surface area contributed by atoms with Gasteiger partial charge in [-0.25, -0.2) is 0 Å². The average molecular weight is 473 g/mol. The molecule has 2 aliphatic rings. The van der Waals surface area contributed by atoms with Gasteiger partial charge >= 0.3 is 0 Å². The number of H-pyrrole nitrogens is 1. The van der Waals surface area contributed by atoms with Crippen molar-refractivity contribution in [2.75, 3.05) is 18.4 Å². The maximum Gasteiger partial charge on any atom is 0.0815 e. The minimum absolute atomic E-state index is 0.173. The molecule has 2 aromatic carbocycles. The summed E-state index contributed by atoms with van der Waals surface area (Å²) < 4.78 is 0. The maximum atomic E-state index is 4.04. The largest absolute Gasteiger partial charge is 0.369 e. The second kappa shape index (κ2) is 10.4. The van der Waals surface area contributed by atoms with E-state index >= 15 is 0 Å². The normalized spacial score (nSPS) is 23.4. The summed E-state index contributed by atoms with van der Waals surface area (Å²) >= 11 is 0. The summed E-state index contributed by atoms with van der Waals surface area (Å²) in [5.74, 6) is 0. The van der Waals surface area contributed by atoms with E-state index in [-0.39, 0.29) is 5.41 Å². The van der Waals surface area contributed by atoms with Gasteiger partial charge in [0.2, 0.25) is 0 Å². The van der Waals surface area contributed by atoms with Crippen molar-refractivity contribution in [2.45, 2.75) is 96.3 Å². The first kappa shape index (κ1) is 24.4. The quantitative estimate of drug-likeness (QED) is 0.275. The van der Waals surface area contributed by atoms with Gasteiger partial charge in [-0.3, -0.25) is 4.90 Å². The number of hydrogen-bond acceptors (Lipinski definition) is 3. The fraction of sp³-hybridized carbons (Fsp3) is 0.548. The van der Waals surface area contributed by atoms with E-state index in [1.807, 2.05) is 0 Å². The third-order valence-electron chi connectivity index (χ3n) is 8.81. The number of aryl methyl sites for hydroxylation is 1. The number of aromatic amines is 1. The number of fused-ring (bicyclic) bond motifs is 5. The number of hydrogen-bond donors (Lipinski definition) is 3. The number of unbranched alkanes of at least 4 members (excludes halogenated alkanes) is 1. The lowest BCUT2D eigenvalue weighted by molar-refractivity contribution is 0.119. The van der Waals surface area contributed by atoms with Crippen LogP contribution in [0.2, 0.25) is 0 Å². The zero-order valence-electron chi connectivity index (χ0n) is 22.2. The molecule has 5 rings (SSSR count). The van der Waals surface area contributed by atoms with Gasteiger partial charge in [0.25, 0.3) is 0 Å². The molecule has 0 bridgehead atoms. The maximum absolute atomic E-state index is 4.04. The summed E-state index contributed by atoms with van der Waals surface area (Å²) in [7, 11) is 0. The van der Waals surface area contributed by atoms with Crippen LogP contribution in [0.5, 0.6) is 0 Å². The van der Waals surface area contributed by atoms with E-state index in [1.165, 1.54) is 47.1 Å². The Balaban J connectivity index is 1.58. The van der Waals surface area contributed by atoms with E-state index in [1.54, 1.807) is 5.56 Å². The summed E-state index contributed by atoms with van der Waals surface area (Å²) in [5, 5.41) is 9.45. The second-order valence-electron chi connectivity index (χ2n) is 10.8. The second-order valence-corrected chi connectivity index (χ2v) is 10.8. The van der Waals surface area contributed by atoms with E-state index in [2.05, 4.69) is 96.7 Å². The van der Waals surface area contributed by atoms with Crippen molar-refractivity contribution >= 4 is 16.6 Å². The highest BCUT2D eigenvalue weighted by Gasteiger charge is 2.52. The zero-order valence-corrected chi connectivity index (χ0v) is 22.2. The molecule has 3 unspecified atom stereocenters. The highest BCUT2D eigenvalue weighted by Crippen LogP contribution is 2.51. The summed E-state index contributed by atoms with van der Waals surface area (Å²) in [6.07, 6.45) is 8.52. The number of rotatable bonds is 10. The average Bonchev–Trinajstić information content (AvgIpc) is 3.43. The standard InChI is InChI=1S/C31H44N4/c1-5-9-19-32-26-20-27(33-24-17-12-10-15-22(24)14-6-2)35-21-31(7-3,8-4)28-23-16-11-13-18-25(23)34-29(28)30(26)35/h10-13,15-18,26-27,30,32-34H,5-9,14,19-21H2,1-4H3. The summed E-state index contributed by atoms with van der Waals surface area (Å²) in [4.78, 5) is 6.74. The molecule has 3 atom stereocenters. The molecule has 2 aliphatic heterocycles. The molecule has 0 radical (unpaired) electrons. The predicted octanol–water partition coefficient (Wildman–Crippen LogP) is 7.14. The van der Waals surface area contributed by atoms with Gasteiger partial charge in [0.15, 0.2) is 0 Å². The Kier molecular flexibility index (Phi) is 7.22. The number of nitrogens with one attached hydrogen (secondary N) is 3. The van der Waals surface area contributed by atoms with Crippen LogP contribution < -0.4 is 10.6 Å². The molecule has 0 amide bonds. The van der Waals surface area contributed by atoms with Crippen molar-refractivity contribution in [1.82, 2.24) is 15.2 Å². The molecule has 4 heteroatoms. The van der Waals surface area contributed by atoms with Crippen LogP contribution in [0, 0.1) is 0 Å². The van der Waals surface area contributed by atoms with Crippen LogP contribution >= 0.6 is 0 Å². The number of anilines is 1. The lowest BCUT2D eigenvalue weighted by atomic mass is 9.70. The van der Waals surface area contributed by atoms with E-state index in [0.29, 0.717) is 18.2 Å².